The summed E-state index contributed by atoms with van der Waals surface area (Å²) in [7, 11) is -1.84. The number of H-pyrrole nitrogens is 1. The predicted octanol–water partition coefficient (Wildman–Crippen LogP) is 4.26. The third-order valence-corrected chi connectivity index (χ3v) is 10.6. The zero-order valence-electron chi connectivity index (χ0n) is 25.0. The lowest BCUT2D eigenvalue weighted by Crippen LogP contribution is -2.53. The first kappa shape index (κ1) is 30.4. The van der Waals surface area contributed by atoms with Crippen LogP contribution in [-0.2, 0) is 15.6 Å². The van der Waals surface area contributed by atoms with Crippen LogP contribution in [0.2, 0.25) is 0 Å². The van der Waals surface area contributed by atoms with Gasteiger partial charge in [0.05, 0.1) is 17.8 Å². The molecule has 0 radical (unpaired) electrons. The zero-order valence-corrected chi connectivity index (χ0v) is 26.6. The quantitative estimate of drug-likeness (QED) is 0.217. The maximum Gasteiger partial charge on any atom is 0.204 e. The van der Waals surface area contributed by atoms with Gasteiger partial charge in [-0.25, -0.2) is 18.4 Å². The van der Waals surface area contributed by atoms with Crippen LogP contribution in [0.25, 0.3) is 0 Å². The molecule has 2 saturated heterocycles. The highest BCUT2D eigenvalue weighted by Crippen LogP contribution is 2.38. The van der Waals surface area contributed by atoms with Crippen molar-refractivity contribution in [2.45, 2.75) is 46.5 Å². The molecule has 2 fully saturated rings. The van der Waals surface area contributed by atoms with Crippen molar-refractivity contribution in [3.63, 3.8) is 0 Å². The Kier molecular flexibility index (Phi) is 9.36. The molecule has 44 heavy (non-hydrogen) atoms. The number of nitrogens with zero attached hydrogens (tertiary/aromatic N) is 5. The fourth-order valence-corrected chi connectivity index (χ4v) is 7.82. The highest BCUT2D eigenvalue weighted by molar-refractivity contribution is 7.99. The summed E-state index contributed by atoms with van der Waals surface area (Å²) in [5.74, 6) is 2.40. The van der Waals surface area contributed by atoms with Gasteiger partial charge < -0.3 is 20.3 Å². The second-order valence-electron chi connectivity index (χ2n) is 11.1. The number of aromatic nitrogens is 4. The van der Waals surface area contributed by atoms with Gasteiger partial charge in [0.2, 0.25) is 5.75 Å². The third-order valence-electron chi connectivity index (χ3n) is 8.01. The summed E-state index contributed by atoms with van der Waals surface area (Å²) >= 11 is 1.38. The smallest absolute Gasteiger partial charge is 0.204 e. The Morgan fingerprint density at radius 2 is 1.73 bits per heavy atom. The second kappa shape index (κ2) is 13.6. The molecule has 0 spiro atoms. The average molecular weight is 635 g/mol. The number of nitrogens with one attached hydrogen (secondary N) is 3. The lowest BCUT2D eigenvalue weighted by atomic mass is 10.0. The molecule has 2 aromatic heterocycles. The van der Waals surface area contributed by atoms with Crippen molar-refractivity contribution < 1.29 is 13.2 Å². The number of rotatable bonds is 10. The number of aryl methyl sites for hydroxylation is 1. The van der Waals surface area contributed by atoms with Crippen molar-refractivity contribution >= 4 is 39.1 Å². The second-order valence-corrected chi connectivity index (χ2v) is 14.1. The van der Waals surface area contributed by atoms with Gasteiger partial charge in [0.1, 0.15) is 0 Å². The van der Waals surface area contributed by atoms with E-state index in [-0.39, 0.29) is 10.6 Å². The Hall–Kier alpha value is -3.65. The Labute approximate surface area is 262 Å². The molecule has 11 nitrogen and oxygen atoms in total. The number of ether oxygens (including phenoxy) is 1. The first-order chi connectivity index (χ1) is 21.4. The molecule has 0 atom stereocenters. The molecule has 0 aliphatic carbocycles. The molecule has 4 aromatic rings. The van der Waals surface area contributed by atoms with Crippen LogP contribution in [0.15, 0.2) is 75.6 Å². The van der Waals surface area contributed by atoms with Crippen molar-refractivity contribution in [2.75, 3.05) is 56.6 Å². The molecule has 2 aromatic carbocycles. The van der Waals surface area contributed by atoms with E-state index in [1.54, 1.807) is 31.4 Å². The molecule has 2 aliphatic heterocycles. The van der Waals surface area contributed by atoms with Crippen molar-refractivity contribution in [3.8, 4) is 5.75 Å². The summed E-state index contributed by atoms with van der Waals surface area (Å²) in [5, 5.41) is 14.6. The van der Waals surface area contributed by atoms with Crippen LogP contribution in [0.5, 0.6) is 5.75 Å². The lowest BCUT2D eigenvalue weighted by molar-refractivity contribution is 0.153. The normalized spacial score (nSPS) is 16.6. The van der Waals surface area contributed by atoms with E-state index in [4.69, 9.17) is 14.7 Å². The number of aromatic amines is 1. The number of methoxy groups -OCH3 is 1. The summed E-state index contributed by atoms with van der Waals surface area (Å²) in [6.45, 7) is 7.67. The minimum Gasteiger partial charge on any atom is -0.490 e. The SMILES string of the molecule is COc1c(Nc2cc(C)[nH]n2)nc(Sc2ccc(S(=O)(=O)Cc3ccccc3)cc2)nc1N1CCN(C2CCNCC2)CC1. The van der Waals surface area contributed by atoms with Crippen LogP contribution in [-0.4, -0.2) is 85.9 Å². The van der Waals surface area contributed by atoms with Crippen molar-refractivity contribution in [1.82, 2.24) is 30.4 Å². The zero-order chi connectivity index (χ0) is 30.5. The Balaban J connectivity index is 1.24. The standard InChI is InChI=1S/C31H38N8O3S2/c1-22-20-27(37-36-22)33-29-28(42-2)30(39-18-16-38(17-19-39)24-12-14-32-15-13-24)35-31(34-29)43-25-8-10-26(11-9-25)44(40,41)21-23-6-4-3-5-7-23/h3-11,20,24,32H,12-19,21H2,1-2H3,(H2,33,34,35,36,37). The fraction of sp³-hybridized carbons (Fsp3) is 0.387. The molecular weight excluding hydrogens is 597 g/mol. The van der Waals surface area contributed by atoms with Crippen LogP contribution in [0.3, 0.4) is 0 Å². The first-order valence-corrected chi connectivity index (χ1v) is 17.3. The number of hydrogen-bond acceptors (Lipinski definition) is 11. The maximum absolute atomic E-state index is 13.0. The maximum atomic E-state index is 13.0. The number of benzene rings is 2. The predicted molar refractivity (Wildman–Crippen MR) is 173 cm³/mol. The van der Waals surface area contributed by atoms with E-state index in [9.17, 15) is 8.42 Å². The van der Waals surface area contributed by atoms with Gasteiger partial charge in [-0.1, -0.05) is 30.3 Å². The molecule has 4 heterocycles. The summed E-state index contributed by atoms with van der Waals surface area (Å²) in [5.41, 5.74) is 1.68. The van der Waals surface area contributed by atoms with E-state index in [2.05, 4.69) is 30.6 Å². The lowest BCUT2D eigenvalue weighted by Gasteiger charge is -2.41. The van der Waals surface area contributed by atoms with E-state index in [0.717, 1.165) is 61.2 Å². The summed E-state index contributed by atoms with van der Waals surface area (Å²) in [4.78, 5) is 15.8. The largest absolute Gasteiger partial charge is 0.490 e. The number of anilines is 3. The van der Waals surface area contributed by atoms with Crippen LogP contribution in [0.1, 0.15) is 24.1 Å². The van der Waals surface area contributed by atoms with E-state index in [0.29, 0.717) is 28.6 Å². The van der Waals surface area contributed by atoms with Crippen LogP contribution >= 0.6 is 11.8 Å². The molecule has 0 unspecified atom stereocenters. The van der Waals surface area contributed by atoms with Crippen molar-refractivity contribution in [2.24, 2.45) is 0 Å². The van der Waals surface area contributed by atoms with Gasteiger partial charge in [-0.3, -0.25) is 10.00 Å². The molecule has 0 amide bonds. The third kappa shape index (κ3) is 7.17. The highest BCUT2D eigenvalue weighted by Gasteiger charge is 2.29. The van der Waals surface area contributed by atoms with Gasteiger partial charge in [0.15, 0.2) is 32.4 Å². The number of hydrogen-bond donors (Lipinski definition) is 3. The summed E-state index contributed by atoms with van der Waals surface area (Å²) < 4.78 is 32.0. The first-order valence-electron chi connectivity index (χ1n) is 14.9. The van der Waals surface area contributed by atoms with Crippen molar-refractivity contribution in [1.29, 1.82) is 0 Å². The molecule has 0 bridgehead atoms. The molecule has 13 heteroatoms. The van der Waals surface area contributed by atoms with E-state index < -0.39 is 9.84 Å². The summed E-state index contributed by atoms with van der Waals surface area (Å²) in [6.07, 6.45) is 2.36. The minimum absolute atomic E-state index is 0.0438. The van der Waals surface area contributed by atoms with Gasteiger partial charge >= 0.3 is 0 Å². The number of sulfone groups is 1. The molecule has 0 saturated carbocycles. The van der Waals surface area contributed by atoms with Gasteiger partial charge in [-0.05, 0) is 74.4 Å². The van der Waals surface area contributed by atoms with Gasteiger partial charge in [-0.15, -0.1) is 0 Å². The number of piperazine rings is 1. The average Bonchev–Trinajstić information content (AvgIpc) is 3.46. The Bertz CT molecular complexity index is 1650. The molecule has 6 rings (SSSR count). The monoisotopic (exact) mass is 634 g/mol. The molecule has 232 valence electrons. The fourth-order valence-electron chi connectivity index (χ4n) is 5.72. The highest BCUT2D eigenvalue weighted by atomic mass is 32.2. The number of piperidine rings is 1. The van der Waals surface area contributed by atoms with E-state index in [1.807, 2.05) is 43.3 Å². The molecular formula is C31H38N8O3S2. The van der Waals surface area contributed by atoms with Gasteiger partial charge in [0, 0.05) is 48.9 Å². The van der Waals surface area contributed by atoms with E-state index >= 15 is 0 Å². The molecule has 2 aliphatic rings. The van der Waals surface area contributed by atoms with E-state index in [1.165, 1.54) is 24.6 Å². The summed E-state index contributed by atoms with van der Waals surface area (Å²) in [6, 6.07) is 18.6. The molecule has 3 N–H and O–H groups in total. The van der Waals surface area contributed by atoms with Crippen molar-refractivity contribution in [3.05, 3.63) is 71.9 Å². The van der Waals surface area contributed by atoms with Gasteiger partial charge in [0.25, 0.3) is 0 Å². The van der Waals surface area contributed by atoms with Crippen LogP contribution in [0, 0.1) is 6.92 Å². The van der Waals surface area contributed by atoms with Crippen LogP contribution in [0.4, 0.5) is 17.5 Å². The topological polar surface area (TPSA) is 128 Å². The minimum atomic E-state index is -3.48. The van der Waals surface area contributed by atoms with Crippen LogP contribution < -0.4 is 20.3 Å². The Morgan fingerprint density at radius 3 is 2.39 bits per heavy atom. The Morgan fingerprint density at radius 1 is 1.00 bits per heavy atom. The van der Waals surface area contributed by atoms with Gasteiger partial charge in [-0.2, -0.15) is 5.10 Å².